The lowest BCUT2D eigenvalue weighted by molar-refractivity contribution is 0.102. The molecule has 0 spiro atoms. The third-order valence-corrected chi connectivity index (χ3v) is 2.81. The summed E-state index contributed by atoms with van der Waals surface area (Å²) in [7, 11) is 0. The molecule has 0 saturated heterocycles. The summed E-state index contributed by atoms with van der Waals surface area (Å²) >= 11 is 0. The molecule has 3 aromatic rings. The Kier molecular flexibility index (Phi) is 3.23. The number of carbonyl (C=O) groups excluding carboxylic acids is 1. The highest BCUT2D eigenvalue weighted by Crippen LogP contribution is 2.17. The second-order valence-electron chi connectivity index (χ2n) is 4.16. The van der Waals surface area contributed by atoms with Crippen molar-refractivity contribution in [1.29, 1.82) is 0 Å². The SMILES string of the molecule is O=C(Nc1ccc(F)nc1F)c1cccc2nccnc12. The van der Waals surface area contributed by atoms with Crippen LogP contribution in [0.25, 0.3) is 11.0 Å². The van der Waals surface area contributed by atoms with Crippen LogP contribution in [0.1, 0.15) is 10.4 Å². The van der Waals surface area contributed by atoms with E-state index in [2.05, 4.69) is 20.3 Å². The Hall–Kier alpha value is -2.96. The molecule has 0 saturated carbocycles. The summed E-state index contributed by atoms with van der Waals surface area (Å²) in [6.45, 7) is 0. The molecule has 0 aliphatic carbocycles. The van der Waals surface area contributed by atoms with E-state index >= 15 is 0 Å². The Bertz CT molecular complexity index is 833. The zero-order valence-electron chi connectivity index (χ0n) is 10.5. The molecule has 1 N–H and O–H groups in total. The van der Waals surface area contributed by atoms with Crippen LogP contribution in [0.5, 0.6) is 0 Å². The molecule has 0 unspecified atom stereocenters. The molecule has 0 aliphatic heterocycles. The summed E-state index contributed by atoms with van der Waals surface area (Å²) < 4.78 is 26.2. The quantitative estimate of drug-likeness (QED) is 0.735. The van der Waals surface area contributed by atoms with Crippen LogP contribution in [-0.4, -0.2) is 20.9 Å². The number of anilines is 1. The average Bonchev–Trinajstić information content (AvgIpc) is 2.49. The summed E-state index contributed by atoms with van der Waals surface area (Å²) in [4.78, 5) is 23.4. The van der Waals surface area contributed by atoms with E-state index in [1.165, 1.54) is 12.4 Å². The van der Waals surface area contributed by atoms with Gasteiger partial charge in [-0.3, -0.25) is 14.8 Å². The topological polar surface area (TPSA) is 67.8 Å². The number of hydrogen-bond acceptors (Lipinski definition) is 4. The van der Waals surface area contributed by atoms with Gasteiger partial charge in [-0.05, 0) is 24.3 Å². The van der Waals surface area contributed by atoms with Gasteiger partial charge in [-0.25, -0.2) is 0 Å². The minimum Gasteiger partial charge on any atom is -0.318 e. The number of fused-ring (bicyclic) bond motifs is 1. The summed E-state index contributed by atoms with van der Waals surface area (Å²) in [5.41, 5.74) is 0.974. The van der Waals surface area contributed by atoms with E-state index in [0.29, 0.717) is 11.0 Å². The van der Waals surface area contributed by atoms with Gasteiger partial charge in [0.25, 0.3) is 5.91 Å². The number of aromatic nitrogens is 3. The number of rotatable bonds is 2. The number of halogens is 2. The molecular formula is C14H8F2N4O. The van der Waals surface area contributed by atoms with Crippen LogP contribution in [0.15, 0.2) is 42.7 Å². The number of benzene rings is 1. The van der Waals surface area contributed by atoms with Gasteiger partial charge in [0.05, 0.1) is 16.8 Å². The highest BCUT2D eigenvalue weighted by atomic mass is 19.1. The number of carbonyl (C=O) groups is 1. The molecule has 21 heavy (non-hydrogen) atoms. The van der Waals surface area contributed by atoms with Crippen molar-refractivity contribution >= 4 is 22.6 Å². The van der Waals surface area contributed by atoms with Crippen molar-refractivity contribution in [3.05, 3.63) is 60.2 Å². The Balaban J connectivity index is 1.97. The van der Waals surface area contributed by atoms with Crippen LogP contribution >= 0.6 is 0 Å². The number of nitrogens with zero attached hydrogens (tertiary/aromatic N) is 3. The van der Waals surface area contributed by atoms with E-state index in [-0.39, 0.29) is 11.3 Å². The second-order valence-corrected chi connectivity index (χ2v) is 4.16. The number of pyridine rings is 1. The molecule has 3 rings (SSSR count). The van der Waals surface area contributed by atoms with Gasteiger partial charge in [-0.2, -0.15) is 13.8 Å². The van der Waals surface area contributed by atoms with E-state index in [1.807, 2.05) is 0 Å². The zero-order valence-corrected chi connectivity index (χ0v) is 10.5. The fourth-order valence-electron chi connectivity index (χ4n) is 1.87. The van der Waals surface area contributed by atoms with Crippen molar-refractivity contribution in [2.45, 2.75) is 0 Å². The van der Waals surface area contributed by atoms with Crippen molar-refractivity contribution in [3.8, 4) is 0 Å². The molecule has 1 aromatic carbocycles. The summed E-state index contributed by atoms with van der Waals surface area (Å²) in [6, 6.07) is 6.96. The number of hydrogen-bond donors (Lipinski definition) is 1. The molecule has 2 aromatic heterocycles. The van der Waals surface area contributed by atoms with E-state index in [1.54, 1.807) is 18.2 Å². The van der Waals surface area contributed by atoms with Gasteiger partial charge in [0, 0.05) is 12.4 Å². The number of amides is 1. The van der Waals surface area contributed by atoms with E-state index in [9.17, 15) is 13.6 Å². The van der Waals surface area contributed by atoms with Crippen molar-refractivity contribution in [2.75, 3.05) is 5.32 Å². The molecule has 0 fully saturated rings. The molecular weight excluding hydrogens is 278 g/mol. The molecule has 7 heteroatoms. The van der Waals surface area contributed by atoms with Crippen LogP contribution in [0.2, 0.25) is 0 Å². The summed E-state index contributed by atoms with van der Waals surface area (Å²) in [5.74, 6) is -2.62. The van der Waals surface area contributed by atoms with Gasteiger partial charge in [-0.15, -0.1) is 0 Å². The van der Waals surface area contributed by atoms with Gasteiger partial charge in [0.15, 0.2) is 0 Å². The molecule has 0 bridgehead atoms. The van der Waals surface area contributed by atoms with Gasteiger partial charge < -0.3 is 5.32 Å². The molecule has 104 valence electrons. The lowest BCUT2D eigenvalue weighted by Gasteiger charge is -2.07. The monoisotopic (exact) mass is 286 g/mol. The zero-order chi connectivity index (χ0) is 14.8. The van der Waals surface area contributed by atoms with Crippen molar-refractivity contribution in [2.24, 2.45) is 0 Å². The molecule has 1 amide bonds. The largest absolute Gasteiger partial charge is 0.318 e. The molecule has 0 radical (unpaired) electrons. The Labute approximate surface area is 117 Å². The second kappa shape index (κ2) is 5.20. The maximum atomic E-state index is 13.4. The Morgan fingerprint density at radius 1 is 1.05 bits per heavy atom. The van der Waals surface area contributed by atoms with Crippen LogP contribution < -0.4 is 5.32 Å². The van der Waals surface area contributed by atoms with Crippen molar-refractivity contribution in [3.63, 3.8) is 0 Å². The lowest BCUT2D eigenvalue weighted by Crippen LogP contribution is -2.14. The minimum absolute atomic E-state index is 0.206. The van der Waals surface area contributed by atoms with Crippen LogP contribution in [0, 0.1) is 11.9 Å². The highest BCUT2D eigenvalue weighted by molar-refractivity contribution is 6.11. The highest BCUT2D eigenvalue weighted by Gasteiger charge is 2.14. The minimum atomic E-state index is -1.09. The first-order valence-corrected chi connectivity index (χ1v) is 5.98. The fraction of sp³-hybridized carbons (Fsp3) is 0. The van der Waals surface area contributed by atoms with E-state index in [0.717, 1.165) is 12.1 Å². The normalized spacial score (nSPS) is 10.6. The number of nitrogens with one attached hydrogen (secondary N) is 1. The Morgan fingerprint density at radius 3 is 2.67 bits per heavy atom. The predicted molar refractivity (Wildman–Crippen MR) is 71.6 cm³/mol. The maximum Gasteiger partial charge on any atom is 0.258 e. The first-order valence-electron chi connectivity index (χ1n) is 5.98. The summed E-state index contributed by atoms with van der Waals surface area (Å²) in [6.07, 6.45) is 2.97. The van der Waals surface area contributed by atoms with Gasteiger partial charge >= 0.3 is 0 Å². The van der Waals surface area contributed by atoms with Crippen LogP contribution in [0.3, 0.4) is 0 Å². The maximum absolute atomic E-state index is 13.4. The third kappa shape index (κ3) is 2.53. The van der Waals surface area contributed by atoms with Crippen molar-refractivity contribution in [1.82, 2.24) is 15.0 Å². The van der Waals surface area contributed by atoms with Crippen molar-refractivity contribution < 1.29 is 13.6 Å². The van der Waals surface area contributed by atoms with Gasteiger partial charge in [0.2, 0.25) is 11.9 Å². The Morgan fingerprint density at radius 2 is 1.86 bits per heavy atom. The van der Waals surface area contributed by atoms with Gasteiger partial charge in [0.1, 0.15) is 5.52 Å². The van der Waals surface area contributed by atoms with Gasteiger partial charge in [-0.1, -0.05) is 6.07 Å². The predicted octanol–water partition coefficient (Wildman–Crippen LogP) is 2.56. The van der Waals surface area contributed by atoms with E-state index < -0.39 is 17.8 Å². The summed E-state index contributed by atoms with van der Waals surface area (Å²) in [5, 5.41) is 2.33. The first-order chi connectivity index (χ1) is 10.1. The fourth-order valence-corrected chi connectivity index (χ4v) is 1.87. The molecule has 5 nitrogen and oxygen atoms in total. The molecule has 0 aliphatic rings. The smallest absolute Gasteiger partial charge is 0.258 e. The standard InChI is InChI=1S/C14H8F2N4O/c15-11-5-4-10(13(16)20-11)19-14(21)8-2-1-3-9-12(8)18-7-6-17-9/h1-7H,(H,19,21). The first kappa shape index (κ1) is 13.0. The average molecular weight is 286 g/mol. The molecule has 0 atom stereocenters. The van der Waals surface area contributed by atoms with E-state index in [4.69, 9.17) is 0 Å². The lowest BCUT2D eigenvalue weighted by atomic mass is 10.1. The number of para-hydroxylation sites is 1. The van der Waals surface area contributed by atoms with Crippen LogP contribution in [0.4, 0.5) is 14.5 Å². The third-order valence-electron chi connectivity index (χ3n) is 2.81. The molecule has 2 heterocycles. The van der Waals surface area contributed by atoms with Crippen LogP contribution in [-0.2, 0) is 0 Å².